The maximum atomic E-state index is 12.9. The summed E-state index contributed by atoms with van der Waals surface area (Å²) < 4.78 is 5.38. The Morgan fingerprint density at radius 1 is 0.923 bits per heavy atom. The molecule has 0 aliphatic carbocycles. The number of urea groups is 1. The lowest BCUT2D eigenvalue weighted by Gasteiger charge is -2.36. The summed E-state index contributed by atoms with van der Waals surface area (Å²) in [5.41, 5.74) is 2.29. The first-order valence-electron chi connectivity index (χ1n) is 9.95. The van der Waals surface area contributed by atoms with Crippen molar-refractivity contribution in [1.82, 2.24) is 19.8 Å². The predicted molar refractivity (Wildman–Crippen MR) is 99.4 cm³/mol. The molecule has 0 bridgehead atoms. The van der Waals surface area contributed by atoms with Crippen molar-refractivity contribution in [2.24, 2.45) is 0 Å². The number of amides is 2. The lowest BCUT2D eigenvalue weighted by Crippen LogP contribution is -2.49. The Morgan fingerprint density at radius 3 is 2.38 bits per heavy atom. The predicted octanol–water partition coefficient (Wildman–Crippen LogP) is 1.98. The summed E-state index contributed by atoms with van der Waals surface area (Å²) in [5.74, 6) is 1.91. The molecule has 2 saturated heterocycles. The van der Waals surface area contributed by atoms with Crippen LogP contribution >= 0.6 is 0 Å². The number of rotatable bonds is 1. The number of carbonyl (C=O) groups excluding carboxylic acids is 1. The SMILES string of the molecule is Cc1nc2c(c(N3CCCCCC3)n1)CN(C(=O)N1CCOCC1)CC2. The topological polar surface area (TPSA) is 61.8 Å². The molecule has 3 aliphatic heterocycles. The summed E-state index contributed by atoms with van der Waals surface area (Å²) >= 11 is 0. The minimum Gasteiger partial charge on any atom is -0.378 e. The first kappa shape index (κ1) is 17.5. The van der Waals surface area contributed by atoms with E-state index >= 15 is 0 Å². The standard InChI is InChI=1S/C19H29N5O2/c1-15-20-17-6-9-24(19(25)23-10-12-26-13-11-23)14-16(17)18(21-15)22-7-4-2-3-5-8-22/h2-14H2,1H3. The summed E-state index contributed by atoms with van der Waals surface area (Å²) in [6, 6.07) is 0.126. The molecule has 2 fully saturated rings. The molecule has 4 heterocycles. The maximum absolute atomic E-state index is 12.9. The van der Waals surface area contributed by atoms with Crippen molar-refractivity contribution in [2.45, 2.75) is 45.6 Å². The van der Waals surface area contributed by atoms with Crippen LogP contribution in [0.1, 0.15) is 42.8 Å². The molecule has 0 aromatic carbocycles. The Hall–Kier alpha value is -1.89. The van der Waals surface area contributed by atoms with Gasteiger partial charge in [-0.1, -0.05) is 12.8 Å². The number of nitrogens with zero attached hydrogens (tertiary/aromatic N) is 5. The summed E-state index contributed by atoms with van der Waals surface area (Å²) in [7, 11) is 0. The molecule has 7 nitrogen and oxygen atoms in total. The molecule has 0 unspecified atom stereocenters. The van der Waals surface area contributed by atoms with Crippen molar-refractivity contribution in [3.8, 4) is 0 Å². The van der Waals surface area contributed by atoms with Crippen LogP contribution in [-0.2, 0) is 17.7 Å². The van der Waals surface area contributed by atoms with Crippen molar-refractivity contribution < 1.29 is 9.53 Å². The van der Waals surface area contributed by atoms with Crippen molar-refractivity contribution in [3.05, 3.63) is 17.1 Å². The van der Waals surface area contributed by atoms with Crippen LogP contribution in [0.3, 0.4) is 0 Å². The second-order valence-corrected chi connectivity index (χ2v) is 7.47. The minimum atomic E-state index is 0.126. The molecule has 7 heteroatoms. The second kappa shape index (κ2) is 7.78. The molecule has 0 atom stereocenters. The lowest BCUT2D eigenvalue weighted by atomic mass is 10.1. The molecule has 0 N–H and O–H groups in total. The molecule has 2 amide bonds. The normalized spacial score (nSPS) is 21.3. The van der Waals surface area contributed by atoms with E-state index in [9.17, 15) is 4.79 Å². The monoisotopic (exact) mass is 359 g/mol. The quantitative estimate of drug-likeness (QED) is 0.767. The number of morpholine rings is 1. The van der Waals surface area contributed by atoms with E-state index in [4.69, 9.17) is 9.72 Å². The van der Waals surface area contributed by atoms with Gasteiger partial charge in [-0.15, -0.1) is 0 Å². The van der Waals surface area contributed by atoms with Crippen LogP contribution in [0.2, 0.25) is 0 Å². The fourth-order valence-electron chi connectivity index (χ4n) is 4.18. The van der Waals surface area contributed by atoms with Gasteiger partial charge in [0.1, 0.15) is 11.6 Å². The maximum Gasteiger partial charge on any atom is 0.320 e. The van der Waals surface area contributed by atoms with Gasteiger partial charge >= 0.3 is 6.03 Å². The lowest BCUT2D eigenvalue weighted by molar-refractivity contribution is 0.0421. The van der Waals surface area contributed by atoms with Crippen molar-refractivity contribution in [3.63, 3.8) is 0 Å². The number of fused-ring (bicyclic) bond motifs is 1. The van der Waals surface area contributed by atoms with E-state index in [1.54, 1.807) is 0 Å². The fourth-order valence-corrected chi connectivity index (χ4v) is 4.18. The summed E-state index contributed by atoms with van der Waals surface area (Å²) in [5, 5.41) is 0. The van der Waals surface area contributed by atoms with Gasteiger partial charge in [0, 0.05) is 44.7 Å². The van der Waals surface area contributed by atoms with Crippen molar-refractivity contribution >= 4 is 11.8 Å². The molecular weight excluding hydrogens is 330 g/mol. The first-order valence-corrected chi connectivity index (χ1v) is 9.95. The average molecular weight is 359 g/mol. The van der Waals surface area contributed by atoms with Gasteiger partial charge in [-0.2, -0.15) is 0 Å². The number of aromatic nitrogens is 2. The Bertz CT molecular complexity index is 652. The number of aryl methyl sites for hydroxylation is 1. The average Bonchev–Trinajstić information content (AvgIpc) is 2.96. The first-order chi connectivity index (χ1) is 12.7. The smallest absolute Gasteiger partial charge is 0.320 e. The summed E-state index contributed by atoms with van der Waals surface area (Å²) in [6.07, 6.45) is 5.84. The third kappa shape index (κ3) is 3.63. The van der Waals surface area contributed by atoms with Gasteiger partial charge in [-0.25, -0.2) is 14.8 Å². The van der Waals surface area contributed by atoms with Crippen molar-refractivity contribution in [1.29, 1.82) is 0 Å². The van der Waals surface area contributed by atoms with Gasteiger partial charge < -0.3 is 19.4 Å². The van der Waals surface area contributed by atoms with E-state index in [0.29, 0.717) is 32.8 Å². The minimum absolute atomic E-state index is 0.126. The number of hydrogen-bond donors (Lipinski definition) is 0. The van der Waals surface area contributed by atoms with Crippen LogP contribution < -0.4 is 4.90 Å². The van der Waals surface area contributed by atoms with Gasteiger partial charge in [-0.05, 0) is 19.8 Å². The Morgan fingerprint density at radius 2 is 1.65 bits per heavy atom. The van der Waals surface area contributed by atoms with Crippen LogP contribution in [0.25, 0.3) is 0 Å². The molecular formula is C19H29N5O2. The molecule has 1 aromatic heterocycles. The Kier molecular flexibility index (Phi) is 5.24. The van der Waals surface area contributed by atoms with Crippen LogP contribution in [0.15, 0.2) is 0 Å². The van der Waals surface area contributed by atoms with Crippen molar-refractivity contribution in [2.75, 3.05) is 50.8 Å². The van der Waals surface area contributed by atoms with Gasteiger partial charge in [0.2, 0.25) is 0 Å². The number of ether oxygens (including phenoxy) is 1. The highest BCUT2D eigenvalue weighted by atomic mass is 16.5. The highest BCUT2D eigenvalue weighted by Gasteiger charge is 2.30. The third-order valence-corrected chi connectivity index (χ3v) is 5.61. The van der Waals surface area contributed by atoms with E-state index in [0.717, 1.165) is 49.0 Å². The van der Waals surface area contributed by atoms with Gasteiger partial charge in [0.05, 0.1) is 25.5 Å². The van der Waals surface area contributed by atoms with E-state index < -0.39 is 0 Å². The molecule has 4 rings (SSSR count). The van der Waals surface area contributed by atoms with Crippen LogP contribution in [0.4, 0.5) is 10.6 Å². The Balaban J connectivity index is 1.57. The second-order valence-electron chi connectivity index (χ2n) is 7.47. The molecule has 1 aromatic rings. The number of carbonyl (C=O) groups is 1. The molecule has 26 heavy (non-hydrogen) atoms. The summed E-state index contributed by atoms with van der Waals surface area (Å²) in [6.45, 7) is 8.09. The van der Waals surface area contributed by atoms with Crippen LogP contribution in [0.5, 0.6) is 0 Å². The highest BCUT2D eigenvalue weighted by molar-refractivity contribution is 5.75. The molecule has 142 valence electrons. The highest BCUT2D eigenvalue weighted by Crippen LogP contribution is 2.29. The van der Waals surface area contributed by atoms with E-state index in [1.807, 2.05) is 16.7 Å². The third-order valence-electron chi connectivity index (χ3n) is 5.61. The van der Waals surface area contributed by atoms with Gasteiger partial charge in [0.15, 0.2) is 0 Å². The largest absolute Gasteiger partial charge is 0.378 e. The fraction of sp³-hybridized carbons (Fsp3) is 0.737. The number of anilines is 1. The summed E-state index contributed by atoms with van der Waals surface area (Å²) in [4.78, 5) is 28.7. The van der Waals surface area contributed by atoms with E-state index in [2.05, 4.69) is 9.88 Å². The molecule has 0 radical (unpaired) electrons. The van der Waals surface area contributed by atoms with Crippen LogP contribution in [0, 0.1) is 6.92 Å². The number of hydrogen-bond acceptors (Lipinski definition) is 5. The zero-order valence-corrected chi connectivity index (χ0v) is 15.7. The molecule has 0 spiro atoms. The van der Waals surface area contributed by atoms with E-state index in [-0.39, 0.29) is 6.03 Å². The van der Waals surface area contributed by atoms with Gasteiger partial charge in [0.25, 0.3) is 0 Å². The Labute approximate surface area is 155 Å². The molecule has 3 aliphatic rings. The molecule has 0 saturated carbocycles. The van der Waals surface area contributed by atoms with E-state index in [1.165, 1.54) is 25.7 Å². The zero-order chi connectivity index (χ0) is 17.9. The van der Waals surface area contributed by atoms with Gasteiger partial charge in [-0.3, -0.25) is 0 Å². The zero-order valence-electron chi connectivity index (χ0n) is 15.7. The van der Waals surface area contributed by atoms with Crippen LogP contribution in [-0.4, -0.2) is 71.7 Å².